The summed E-state index contributed by atoms with van der Waals surface area (Å²) in [5.74, 6) is -6.23. The van der Waals surface area contributed by atoms with Crippen LogP contribution in [-0.2, 0) is 87.0 Å². The summed E-state index contributed by atoms with van der Waals surface area (Å²) in [6, 6.07) is 7.89. The summed E-state index contributed by atoms with van der Waals surface area (Å²) < 4.78 is 71.6. The first-order chi connectivity index (χ1) is 32.3. The molecule has 2 fully saturated rings. The number of carbonyl (C=O) groups excluding carboxylic acids is 7. The van der Waals surface area contributed by atoms with E-state index < -0.39 is 164 Å². The van der Waals surface area contributed by atoms with Crippen molar-refractivity contribution >= 4 is 52.6 Å². The minimum atomic E-state index is -3.10. The van der Waals surface area contributed by atoms with Crippen molar-refractivity contribution in [1.82, 2.24) is 0 Å². The summed E-state index contributed by atoms with van der Waals surface area (Å²) in [5.41, 5.74) is -13.7. The molecule has 1 N–H and O–H groups in total. The average molecular weight is 1040 g/mol. The largest absolute Gasteiger partial charge is 0.462 e. The van der Waals surface area contributed by atoms with Crippen molar-refractivity contribution in [2.45, 2.75) is 210 Å². The SMILES string of the molecule is CC(C)(C)C(=O)OC[C@H]1O[C@@H]([C@]2(O)[C@H](OC(=O)C(C)(C)C)[C@@H](OC(=O)C(C)(C)C)[C@H](S(=O)c3ccccc3)O[C@@H]2COC(=O)C(C)(C)C)[C@H](OC(=O)C(C)(C)C)[C@@H](OC(=O)C(C)(C)C)[C@@H]1OC(=O)C(C)(C)C. The van der Waals surface area contributed by atoms with Gasteiger partial charge in [0.25, 0.3) is 0 Å². The Labute approximate surface area is 428 Å². The minimum absolute atomic E-state index is 0.153. The zero-order valence-electron chi connectivity index (χ0n) is 46.3. The summed E-state index contributed by atoms with van der Waals surface area (Å²) in [6.07, 6.45) is -16.0. The molecule has 0 aliphatic carbocycles. The van der Waals surface area contributed by atoms with Crippen LogP contribution in [0.15, 0.2) is 35.2 Å². The molecule has 2 heterocycles. The third-order valence-electron chi connectivity index (χ3n) is 11.4. The van der Waals surface area contributed by atoms with E-state index >= 15 is 4.21 Å². The van der Waals surface area contributed by atoms with Gasteiger partial charge in [0, 0.05) is 4.90 Å². The van der Waals surface area contributed by atoms with E-state index in [0.717, 1.165) is 0 Å². The molecule has 2 aliphatic heterocycles. The van der Waals surface area contributed by atoms with E-state index in [1.165, 1.54) is 95.2 Å². The number of hydrogen-bond acceptors (Lipinski definition) is 18. The van der Waals surface area contributed by atoms with Gasteiger partial charge in [-0.1, -0.05) is 18.2 Å². The number of benzene rings is 1. The molecule has 0 aromatic heterocycles. The third-order valence-corrected chi connectivity index (χ3v) is 12.9. The minimum Gasteiger partial charge on any atom is -0.462 e. The molecule has 3 rings (SSSR count). The molecule has 0 saturated carbocycles. The second-order valence-corrected chi connectivity index (χ2v) is 27.4. The lowest BCUT2D eigenvalue weighted by Crippen LogP contribution is -2.79. The number of carbonyl (C=O) groups is 7. The highest BCUT2D eigenvalue weighted by atomic mass is 32.2. The molecule has 0 amide bonds. The Balaban J connectivity index is 2.71. The summed E-state index contributed by atoms with van der Waals surface area (Å²) in [5, 5.41) is 14.3. The highest BCUT2D eigenvalue weighted by Crippen LogP contribution is 2.47. The van der Waals surface area contributed by atoms with E-state index in [4.69, 9.17) is 42.6 Å². The van der Waals surface area contributed by atoms with Crippen LogP contribution in [0.1, 0.15) is 145 Å². The van der Waals surface area contributed by atoms with Gasteiger partial charge in [0.05, 0.1) is 48.7 Å². The van der Waals surface area contributed by atoms with Gasteiger partial charge in [0.2, 0.25) is 0 Å². The van der Waals surface area contributed by atoms with Crippen LogP contribution in [0.3, 0.4) is 0 Å². The molecule has 18 nitrogen and oxygen atoms in total. The van der Waals surface area contributed by atoms with Crippen LogP contribution >= 0.6 is 0 Å². The van der Waals surface area contributed by atoms with Crippen LogP contribution in [0, 0.1) is 37.9 Å². The highest BCUT2D eigenvalue weighted by Gasteiger charge is 2.71. The van der Waals surface area contributed by atoms with Gasteiger partial charge in [-0.25, -0.2) is 0 Å². The number of aliphatic hydroxyl groups is 1. The summed E-state index contributed by atoms with van der Waals surface area (Å²) >= 11 is 0. The molecule has 11 atom stereocenters. The Morgan fingerprint density at radius 1 is 0.472 bits per heavy atom. The first kappa shape index (κ1) is 61.8. The Bertz CT molecular complexity index is 2150. The van der Waals surface area contributed by atoms with Crippen molar-refractivity contribution in [2.75, 3.05) is 13.2 Å². The van der Waals surface area contributed by atoms with Gasteiger partial charge < -0.3 is 47.7 Å². The lowest BCUT2D eigenvalue weighted by Gasteiger charge is -2.57. The topological polar surface area (TPSA) is 240 Å². The Hall–Kier alpha value is -4.46. The van der Waals surface area contributed by atoms with Gasteiger partial charge in [-0.15, -0.1) is 0 Å². The van der Waals surface area contributed by atoms with Crippen molar-refractivity contribution in [1.29, 1.82) is 0 Å². The normalized spacial score (nSPS) is 27.1. The van der Waals surface area contributed by atoms with Crippen LogP contribution < -0.4 is 0 Å². The fourth-order valence-corrected chi connectivity index (χ4v) is 8.03. The molecule has 19 heteroatoms. The van der Waals surface area contributed by atoms with Gasteiger partial charge in [-0.3, -0.25) is 37.8 Å². The maximum Gasteiger partial charge on any atom is 0.311 e. The molecule has 2 saturated heterocycles. The maximum atomic E-state index is 15.0. The molecule has 0 spiro atoms. The highest BCUT2D eigenvalue weighted by molar-refractivity contribution is 7.85. The van der Waals surface area contributed by atoms with Crippen molar-refractivity contribution in [2.24, 2.45) is 37.9 Å². The van der Waals surface area contributed by atoms with Crippen LogP contribution in [0.25, 0.3) is 0 Å². The van der Waals surface area contributed by atoms with E-state index in [1.54, 1.807) is 80.5 Å². The van der Waals surface area contributed by atoms with Crippen LogP contribution in [0.2, 0.25) is 0 Å². The van der Waals surface area contributed by atoms with Gasteiger partial charge in [-0.2, -0.15) is 0 Å². The zero-order chi connectivity index (χ0) is 55.7. The monoisotopic (exact) mass is 1040 g/mol. The molecule has 1 aromatic rings. The molecule has 2 aliphatic rings. The predicted molar refractivity (Wildman–Crippen MR) is 263 cm³/mol. The molecule has 0 bridgehead atoms. The van der Waals surface area contributed by atoms with E-state index in [-0.39, 0.29) is 4.90 Å². The van der Waals surface area contributed by atoms with E-state index in [2.05, 4.69) is 0 Å². The Morgan fingerprint density at radius 2 is 0.819 bits per heavy atom. The Morgan fingerprint density at radius 3 is 1.22 bits per heavy atom. The number of rotatable bonds is 12. The molecular formula is C53H82O18S. The van der Waals surface area contributed by atoms with Gasteiger partial charge in [-0.05, 0) is 158 Å². The van der Waals surface area contributed by atoms with Gasteiger partial charge in [0.15, 0.2) is 41.6 Å². The number of ether oxygens (including phenoxy) is 9. The van der Waals surface area contributed by atoms with Crippen molar-refractivity contribution in [3.63, 3.8) is 0 Å². The van der Waals surface area contributed by atoms with E-state index in [9.17, 15) is 38.7 Å². The maximum absolute atomic E-state index is 15.0. The van der Waals surface area contributed by atoms with Crippen molar-refractivity contribution in [3.8, 4) is 0 Å². The molecule has 0 radical (unpaired) electrons. The third kappa shape index (κ3) is 15.3. The smallest absolute Gasteiger partial charge is 0.311 e. The molecule has 408 valence electrons. The lowest BCUT2D eigenvalue weighted by molar-refractivity contribution is -0.344. The van der Waals surface area contributed by atoms with Crippen LogP contribution in [0.4, 0.5) is 0 Å². The molecule has 72 heavy (non-hydrogen) atoms. The summed E-state index contributed by atoms with van der Waals surface area (Å²) in [6.45, 7) is 30.7. The molecular weight excluding hydrogens is 957 g/mol. The van der Waals surface area contributed by atoms with Gasteiger partial charge >= 0.3 is 41.8 Å². The lowest BCUT2D eigenvalue weighted by atomic mass is 9.74. The Kier molecular flexibility index (Phi) is 19.0. The average Bonchev–Trinajstić information content (AvgIpc) is 3.22. The first-order valence-electron chi connectivity index (χ1n) is 24.2. The zero-order valence-corrected chi connectivity index (χ0v) is 47.1. The summed E-state index contributed by atoms with van der Waals surface area (Å²) in [4.78, 5) is 98.9. The van der Waals surface area contributed by atoms with Crippen LogP contribution in [0.5, 0.6) is 0 Å². The second kappa shape index (κ2) is 22.2. The predicted octanol–water partition coefficient (Wildman–Crippen LogP) is 6.99. The first-order valence-corrected chi connectivity index (χ1v) is 25.4. The van der Waals surface area contributed by atoms with Gasteiger partial charge in [0.1, 0.15) is 31.5 Å². The number of esters is 7. The summed E-state index contributed by atoms with van der Waals surface area (Å²) in [7, 11) is -2.34. The second-order valence-electron chi connectivity index (χ2n) is 25.8. The quantitative estimate of drug-likeness (QED) is 0.164. The molecule has 1 unspecified atom stereocenters. The van der Waals surface area contributed by atoms with Crippen molar-refractivity contribution < 1.29 is 85.5 Å². The fourth-order valence-electron chi connectivity index (χ4n) is 6.66. The van der Waals surface area contributed by atoms with E-state index in [0.29, 0.717) is 0 Å². The van der Waals surface area contributed by atoms with Crippen LogP contribution in [-0.4, -0.2) is 124 Å². The fraction of sp³-hybridized carbons (Fsp3) is 0.755. The van der Waals surface area contributed by atoms with Crippen molar-refractivity contribution in [3.05, 3.63) is 30.3 Å². The molecule has 1 aromatic carbocycles. The number of hydrogen-bond donors (Lipinski definition) is 1. The van der Waals surface area contributed by atoms with E-state index in [1.807, 2.05) is 0 Å². The standard InChI is InChI=1S/C53H82O18S/c1-46(2,3)39(54)63-27-30-32(67-41(56)48(7,8)9)33(68-42(57)49(10,11)12)34(69-43(58)50(13,14)15)36(65-30)53(61)31(28-64-40(55)47(4,5)6)66-38(72(62)29-25-23-22-24-26-29)35(70-44(59)51(16,17)18)37(53)71-45(60)52(19,20)21/h22-26,30-38,61H,27-28H2,1-21H3/t30-,31-,32-,33+,34-,35-,36-,37-,38+,53+,72?/m1/s1.